The van der Waals surface area contributed by atoms with E-state index in [-0.39, 0.29) is 18.4 Å². The van der Waals surface area contributed by atoms with Crippen LogP contribution in [0.15, 0.2) is 48.0 Å². The Balaban J connectivity index is 1.45. The molecule has 0 saturated carbocycles. The fourth-order valence-corrected chi connectivity index (χ4v) is 4.34. The second kappa shape index (κ2) is 7.43. The van der Waals surface area contributed by atoms with E-state index in [1.54, 1.807) is 5.38 Å². The first-order valence-corrected chi connectivity index (χ1v) is 9.84. The minimum absolute atomic E-state index is 0.0152. The monoisotopic (exact) mass is 405 g/mol. The van der Waals surface area contributed by atoms with Gasteiger partial charge in [0.2, 0.25) is 5.91 Å². The number of carbonyl (C=O) groups is 1. The lowest BCUT2D eigenvalue weighted by Crippen LogP contribution is -2.32. The van der Waals surface area contributed by atoms with Crippen molar-refractivity contribution in [3.8, 4) is 10.6 Å². The number of benzene rings is 1. The standard InChI is InChI=1S/C20H18F3N3OS/c21-20(22,23)14-7-5-13(6-8-14)19-25-15(12-28-19)11-18(27)26-10-2-4-17(26)16-3-1-9-24-16/h1,3,5-9,12,17,24H,2,4,10-11H2/t17-/m1/s1. The highest BCUT2D eigenvalue weighted by Gasteiger charge is 2.31. The lowest BCUT2D eigenvalue weighted by atomic mass is 10.1. The number of likely N-dealkylation sites (tertiary alicyclic amines) is 1. The van der Waals surface area contributed by atoms with Gasteiger partial charge in [-0.1, -0.05) is 12.1 Å². The number of halogens is 3. The second-order valence-electron chi connectivity index (χ2n) is 6.77. The molecule has 0 aliphatic carbocycles. The molecule has 1 saturated heterocycles. The molecule has 0 radical (unpaired) electrons. The molecule has 1 aliphatic heterocycles. The van der Waals surface area contributed by atoms with Gasteiger partial charge < -0.3 is 9.88 Å². The Bertz CT molecular complexity index is 948. The van der Waals surface area contributed by atoms with E-state index >= 15 is 0 Å². The van der Waals surface area contributed by atoms with Crippen molar-refractivity contribution in [1.29, 1.82) is 0 Å². The lowest BCUT2D eigenvalue weighted by molar-refractivity contribution is -0.137. The summed E-state index contributed by atoms with van der Waals surface area (Å²) in [6.45, 7) is 0.721. The molecular formula is C20H18F3N3OS. The van der Waals surface area contributed by atoms with Crippen molar-refractivity contribution in [2.24, 2.45) is 0 Å². The van der Waals surface area contributed by atoms with Gasteiger partial charge in [0.25, 0.3) is 0 Å². The maximum Gasteiger partial charge on any atom is 0.416 e. The molecule has 8 heteroatoms. The Morgan fingerprint density at radius 3 is 2.71 bits per heavy atom. The largest absolute Gasteiger partial charge is 0.416 e. The first-order chi connectivity index (χ1) is 13.4. The molecule has 146 valence electrons. The molecule has 1 atom stereocenters. The SMILES string of the molecule is O=C(Cc1csc(-c2ccc(C(F)(F)F)cc2)n1)N1CCC[C@@H]1c1ccc[nH]1. The van der Waals surface area contributed by atoms with E-state index in [0.29, 0.717) is 16.3 Å². The van der Waals surface area contributed by atoms with Crippen molar-refractivity contribution in [2.75, 3.05) is 6.54 Å². The lowest BCUT2D eigenvalue weighted by Gasteiger charge is -2.23. The van der Waals surface area contributed by atoms with E-state index in [1.807, 2.05) is 23.2 Å². The van der Waals surface area contributed by atoms with Gasteiger partial charge in [0.05, 0.1) is 23.7 Å². The van der Waals surface area contributed by atoms with E-state index in [9.17, 15) is 18.0 Å². The summed E-state index contributed by atoms with van der Waals surface area (Å²) in [6, 6.07) is 8.90. The fraction of sp³-hybridized carbons (Fsp3) is 0.300. The number of H-pyrrole nitrogens is 1. The molecule has 0 unspecified atom stereocenters. The van der Waals surface area contributed by atoms with Crippen LogP contribution in [0.2, 0.25) is 0 Å². The van der Waals surface area contributed by atoms with Gasteiger partial charge in [-0.25, -0.2) is 4.98 Å². The smallest absolute Gasteiger partial charge is 0.363 e. The van der Waals surface area contributed by atoms with Gasteiger partial charge >= 0.3 is 6.18 Å². The van der Waals surface area contributed by atoms with Crippen molar-refractivity contribution in [2.45, 2.75) is 31.5 Å². The van der Waals surface area contributed by atoms with Crippen LogP contribution >= 0.6 is 11.3 Å². The number of aromatic amines is 1. The predicted octanol–water partition coefficient (Wildman–Crippen LogP) is 5.06. The normalized spacial score (nSPS) is 17.2. The molecule has 1 amide bonds. The predicted molar refractivity (Wildman–Crippen MR) is 101 cm³/mol. The number of nitrogens with zero attached hydrogens (tertiary/aromatic N) is 2. The van der Waals surface area contributed by atoms with Crippen molar-refractivity contribution >= 4 is 17.2 Å². The highest BCUT2D eigenvalue weighted by atomic mass is 32.1. The Morgan fingerprint density at radius 2 is 2.04 bits per heavy atom. The molecule has 28 heavy (non-hydrogen) atoms. The molecule has 3 aromatic rings. The highest BCUT2D eigenvalue weighted by molar-refractivity contribution is 7.13. The Morgan fingerprint density at radius 1 is 1.25 bits per heavy atom. The number of alkyl halides is 3. The zero-order valence-corrected chi connectivity index (χ0v) is 15.7. The quantitative estimate of drug-likeness (QED) is 0.659. The van der Waals surface area contributed by atoms with Gasteiger partial charge in [0, 0.05) is 29.4 Å². The molecule has 1 aromatic carbocycles. The van der Waals surface area contributed by atoms with Gasteiger partial charge in [-0.15, -0.1) is 11.3 Å². The maximum atomic E-state index is 12.8. The van der Waals surface area contributed by atoms with Crippen LogP contribution in [0.4, 0.5) is 13.2 Å². The molecule has 0 spiro atoms. The van der Waals surface area contributed by atoms with Gasteiger partial charge in [-0.3, -0.25) is 4.79 Å². The summed E-state index contributed by atoms with van der Waals surface area (Å²) < 4.78 is 38.1. The summed E-state index contributed by atoms with van der Waals surface area (Å²) in [6.07, 6.45) is -0.421. The van der Waals surface area contributed by atoms with Gasteiger partial charge in [-0.05, 0) is 37.1 Å². The van der Waals surface area contributed by atoms with Crippen LogP contribution < -0.4 is 0 Å². The van der Waals surface area contributed by atoms with Crippen molar-refractivity contribution in [1.82, 2.24) is 14.9 Å². The van der Waals surface area contributed by atoms with Crippen LogP contribution in [0.1, 0.15) is 35.8 Å². The molecule has 0 bridgehead atoms. The third-order valence-corrected chi connectivity index (χ3v) is 5.84. The molecule has 1 fully saturated rings. The molecule has 2 aromatic heterocycles. The minimum atomic E-state index is -4.36. The summed E-state index contributed by atoms with van der Waals surface area (Å²) in [5, 5.41) is 2.41. The second-order valence-corrected chi connectivity index (χ2v) is 7.62. The maximum absolute atomic E-state index is 12.8. The number of thiazole rings is 1. The summed E-state index contributed by atoms with van der Waals surface area (Å²) >= 11 is 1.33. The fourth-order valence-electron chi connectivity index (χ4n) is 3.52. The number of carbonyl (C=O) groups excluding carboxylic acids is 1. The average molecular weight is 405 g/mol. The van der Waals surface area contributed by atoms with Crippen LogP contribution in [0.3, 0.4) is 0 Å². The van der Waals surface area contributed by atoms with Gasteiger partial charge in [0.1, 0.15) is 5.01 Å². The van der Waals surface area contributed by atoms with Crippen LogP contribution in [0.25, 0.3) is 10.6 Å². The average Bonchev–Trinajstić information content (AvgIpc) is 3.41. The van der Waals surface area contributed by atoms with Gasteiger partial charge in [0.15, 0.2) is 0 Å². The number of hydrogen-bond acceptors (Lipinski definition) is 3. The van der Waals surface area contributed by atoms with Crippen LogP contribution in [0, 0.1) is 0 Å². The van der Waals surface area contributed by atoms with Crippen molar-refractivity contribution in [3.63, 3.8) is 0 Å². The third kappa shape index (κ3) is 3.82. The first kappa shape index (κ1) is 18.7. The van der Waals surface area contributed by atoms with Crippen molar-refractivity contribution < 1.29 is 18.0 Å². The van der Waals surface area contributed by atoms with Crippen LogP contribution in [-0.2, 0) is 17.4 Å². The zero-order valence-electron chi connectivity index (χ0n) is 14.9. The van der Waals surface area contributed by atoms with E-state index in [2.05, 4.69) is 9.97 Å². The van der Waals surface area contributed by atoms with E-state index in [1.165, 1.54) is 23.5 Å². The number of hydrogen-bond donors (Lipinski definition) is 1. The first-order valence-electron chi connectivity index (χ1n) is 8.96. The third-order valence-electron chi connectivity index (χ3n) is 4.90. The molecule has 4 nitrogen and oxygen atoms in total. The number of amides is 1. The minimum Gasteiger partial charge on any atom is -0.363 e. The summed E-state index contributed by atoms with van der Waals surface area (Å²) in [5.41, 5.74) is 1.60. The molecular weight excluding hydrogens is 387 g/mol. The van der Waals surface area contributed by atoms with Gasteiger partial charge in [-0.2, -0.15) is 13.2 Å². The number of rotatable bonds is 4. The van der Waals surface area contributed by atoms with Crippen LogP contribution in [-0.4, -0.2) is 27.3 Å². The highest BCUT2D eigenvalue weighted by Crippen LogP contribution is 2.33. The molecule has 4 rings (SSSR count). The Hall–Kier alpha value is -2.61. The topological polar surface area (TPSA) is 49.0 Å². The zero-order chi connectivity index (χ0) is 19.7. The van der Waals surface area contributed by atoms with E-state index in [4.69, 9.17) is 0 Å². The summed E-state index contributed by atoms with van der Waals surface area (Å²) in [7, 11) is 0. The van der Waals surface area contributed by atoms with Crippen LogP contribution in [0.5, 0.6) is 0 Å². The summed E-state index contributed by atoms with van der Waals surface area (Å²) in [5.74, 6) is 0.0152. The molecule has 3 heterocycles. The van der Waals surface area contributed by atoms with E-state index in [0.717, 1.165) is 37.2 Å². The Labute approximate surface area is 164 Å². The Kier molecular flexibility index (Phi) is 4.97. The number of aromatic nitrogens is 2. The number of nitrogens with one attached hydrogen (secondary N) is 1. The molecule has 1 N–H and O–H groups in total. The van der Waals surface area contributed by atoms with E-state index < -0.39 is 11.7 Å². The molecule has 1 aliphatic rings. The summed E-state index contributed by atoms with van der Waals surface area (Å²) in [4.78, 5) is 22.3. The van der Waals surface area contributed by atoms with Crippen molar-refractivity contribution in [3.05, 3.63) is 64.9 Å².